The Balaban J connectivity index is 1.62. The van der Waals surface area contributed by atoms with Crippen LogP contribution in [0.3, 0.4) is 0 Å². The van der Waals surface area contributed by atoms with Crippen molar-refractivity contribution in [1.82, 2.24) is 0 Å². The molecule has 0 bridgehead atoms. The van der Waals surface area contributed by atoms with Gasteiger partial charge in [-0.05, 0) is 59.1 Å². The molecule has 3 rings (SSSR count). The first-order valence-electron chi connectivity index (χ1n) is 6.54. The highest BCUT2D eigenvalue weighted by atomic mass is 79.9. The van der Waals surface area contributed by atoms with Crippen molar-refractivity contribution in [3.8, 4) is 0 Å². The van der Waals surface area contributed by atoms with E-state index in [1.54, 1.807) is 11.3 Å². The van der Waals surface area contributed by atoms with E-state index in [1.165, 1.54) is 14.2 Å². The maximum absolute atomic E-state index is 5.98. The van der Waals surface area contributed by atoms with Crippen LogP contribution in [0.4, 0.5) is 5.69 Å². The van der Waals surface area contributed by atoms with Gasteiger partial charge in [0.25, 0.3) is 0 Å². The summed E-state index contributed by atoms with van der Waals surface area (Å²) in [6.45, 7) is 2.06. The Morgan fingerprint density at radius 1 is 1.40 bits per heavy atom. The summed E-state index contributed by atoms with van der Waals surface area (Å²) >= 11 is 5.28. The fourth-order valence-corrected chi connectivity index (χ4v) is 3.83. The monoisotopic (exact) mass is 349 g/mol. The number of aliphatic imine (C=N–C) groups is 1. The zero-order valence-electron chi connectivity index (χ0n) is 11.1. The lowest BCUT2D eigenvalue weighted by molar-refractivity contribution is 1.000. The van der Waals surface area contributed by atoms with Gasteiger partial charge in [0.1, 0.15) is 0 Å². The van der Waals surface area contributed by atoms with Crippen molar-refractivity contribution in [3.05, 3.63) is 50.6 Å². The van der Waals surface area contributed by atoms with Crippen molar-refractivity contribution in [2.45, 2.75) is 25.3 Å². The molecule has 1 aliphatic rings. The highest BCUT2D eigenvalue weighted by molar-refractivity contribution is 9.11. The van der Waals surface area contributed by atoms with Gasteiger partial charge in [-0.1, -0.05) is 12.1 Å². The number of aryl methyl sites for hydroxylation is 1. The molecule has 1 aromatic carbocycles. The molecule has 0 spiro atoms. The first-order valence-corrected chi connectivity index (χ1v) is 8.15. The fraction of sp³-hybridized carbons (Fsp3) is 0.267. The minimum atomic E-state index is 0.317. The van der Waals surface area contributed by atoms with Crippen molar-refractivity contribution in [1.29, 1.82) is 0 Å². The molecule has 0 amide bonds. The Morgan fingerprint density at radius 3 is 2.95 bits per heavy atom. The van der Waals surface area contributed by atoms with Crippen LogP contribution in [0.25, 0.3) is 0 Å². The van der Waals surface area contributed by atoms with Gasteiger partial charge in [0.15, 0.2) is 5.96 Å². The molecule has 2 aromatic rings. The summed E-state index contributed by atoms with van der Waals surface area (Å²) in [7, 11) is 0. The third-order valence-corrected chi connectivity index (χ3v) is 5.07. The summed E-state index contributed by atoms with van der Waals surface area (Å²) in [5, 5.41) is 3.15. The number of rotatable bonds is 3. The summed E-state index contributed by atoms with van der Waals surface area (Å²) < 4.78 is 1.17. The van der Waals surface area contributed by atoms with Crippen LogP contribution < -0.4 is 11.1 Å². The molecule has 3 nitrogen and oxygen atoms in total. The summed E-state index contributed by atoms with van der Waals surface area (Å²) in [6.07, 6.45) is 1.09. The zero-order valence-corrected chi connectivity index (χ0v) is 13.5. The van der Waals surface area contributed by atoms with E-state index in [0.717, 1.165) is 12.1 Å². The third-order valence-electron chi connectivity index (χ3n) is 3.31. The number of anilines is 1. The number of guanidine groups is 1. The van der Waals surface area contributed by atoms with Gasteiger partial charge in [0.05, 0.1) is 9.83 Å². The number of halogens is 1. The van der Waals surface area contributed by atoms with Gasteiger partial charge in [0, 0.05) is 16.5 Å². The van der Waals surface area contributed by atoms with E-state index in [1.807, 2.05) is 12.1 Å². The lowest BCUT2D eigenvalue weighted by Crippen LogP contribution is -2.23. The van der Waals surface area contributed by atoms with Crippen molar-refractivity contribution < 1.29 is 0 Å². The number of hydrogen-bond acceptors (Lipinski definition) is 2. The number of hydrogen-bond donors (Lipinski definition) is 2. The second kappa shape index (κ2) is 5.58. The average molecular weight is 350 g/mol. The minimum Gasteiger partial charge on any atom is -0.370 e. The number of thiophene rings is 1. The predicted octanol–water partition coefficient (Wildman–Crippen LogP) is 4.10. The van der Waals surface area contributed by atoms with Crippen molar-refractivity contribution in [3.63, 3.8) is 0 Å². The molecule has 1 heterocycles. The van der Waals surface area contributed by atoms with E-state index < -0.39 is 0 Å². The van der Waals surface area contributed by atoms with Crippen LogP contribution in [-0.4, -0.2) is 12.0 Å². The smallest absolute Gasteiger partial charge is 0.193 e. The molecule has 0 aliphatic heterocycles. The molecule has 0 unspecified atom stereocenters. The summed E-state index contributed by atoms with van der Waals surface area (Å²) in [5.74, 6) is 1.03. The molecule has 1 fully saturated rings. The molecular weight excluding hydrogens is 334 g/mol. The van der Waals surface area contributed by atoms with E-state index in [-0.39, 0.29) is 0 Å². The van der Waals surface area contributed by atoms with Crippen LogP contribution in [-0.2, 0) is 0 Å². The van der Waals surface area contributed by atoms with Crippen LogP contribution in [0.15, 0.2) is 45.2 Å². The maximum atomic E-state index is 5.98. The second-order valence-electron chi connectivity index (χ2n) is 5.06. The van der Waals surface area contributed by atoms with Gasteiger partial charge < -0.3 is 11.1 Å². The lowest BCUT2D eigenvalue weighted by atomic mass is 10.2. The largest absolute Gasteiger partial charge is 0.370 e. The van der Waals surface area contributed by atoms with Gasteiger partial charge in [-0.2, -0.15) is 0 Å². The zero-order chi connectivity index (χ0) is 14.1. The Morgan fingerprint density at radius 2 is 2.25 bits per heavy atom. The minimum absolute atomic E-state index is 0.317. The molecule has 104 valence electrons. The first-order chi connectivity index (χ1) is 9.61. The molecule has 0 radical (unpaired) electrons. The Bertz CT molecular complexity index is 650. The summed E-state index contributed by atoms with van der Waals surface area (Å²) in [6, 6.07) is 12.7. The van der Waals surface area contributed by atoms with Gasteiger partial charge in [0.2, 0.25) is 0 Å². The highest BCUT2D eigenvalue weighted by Crippen LogP contribution is 2.46. The summed E-state index contributed by atoms with van der Waals surface area (Å²) in [4.78, 5) is 5.94. The van der Waals surface area contributed by atoms with Crippen LogP contribution in [0.5, 0.6) is 0 Å². The Labute approximate surface area is 131 Å². The van der Waals surface area contributed by atoms with Crippen LogP contribution >= 0.6 is 27.3 Å². The number of nitrogens with zero attached hydrogens (tertiary/aromatic N) is 1. The standard InChI is InChI=1S/C15H16BrN3S/c1-9-3-2-4-10(7-9)18-15(17)19-12-8-11(12)13-5-6-14(16)20-13/h2-7,11-12H,8H2,1H3,(H3,17,18,19)/t11-,12-/m1/s1. The van der Waals surface area contributed by atoms with Gasteiger partial charge in [-0.3, -0.25) is 0 Å². The van der Waals surface area contributed by atoms with Gasteiger partial charge >= 0.3 is 0 Å². The number of nitrogens with one attached hydrogen (secondary N) is 1. The molecule has 2 atom stereocenters. The Kier molecular flexibility index (Phi) is 3.81. The first kappa shape index (κ1) is 13.6. The number of benzene rings is 1. The highest BCUT2D eigenvalue weighted by Gasteiger charge is 2.39. The maximum Gasteiger partial charge on any atom is 0.193 e. The van der Waals surface area contributed by atoms with E-state index in [9.17, 15) is 0 Å². The van der Waals surface area contributed by atoms with E-state index in [4.69, 9.17) is 5.73 Å². The lowest BCUT2D eigenvalue weighted by Gasteiger charge is -2.06. The van der Waals surface area contributed by atoms with Crippen LogP contribution in [0.2, 0.25) is 0 Å². The third kappa shape index (κ3) is 3.22. The van der Waals surface area contributed by atoms with Crippen molar-refractivity contribution >= 4 is 38.9 Å². The van der Waals surface area contributed by atoms with Crippen molar-refractivity contribution in [2.75, 3.05) is 5.32 Å². The molecule has 20 heavy (non-hydrogen) atoms. The molecule has 1 aliphatic carbocycles. The molecule has 0 saturated heterocycles. The van der Waals surface area contributed by atoms with Gasteiger partial charge in [-0.25, -0.2) is 4.99 Å². The second-order valence-corrected chi connectivity index (χ2v) is 7.55. The van der Waals surface area contributed by atoms with Gasteiger partial charge in [-0.15, -0.1) is 11.3 Å². The average Bonchev–Trinajstić information content (AvgIpc) is 3.00. The molecule has 3 N–H and O–H groups in total. The number of nitrogens with two attached hydrogens (primary N) is 1. The fourth-order valence-electron chi connectivity index (χ4n) is 2.24. The van der Waals surface area contributed by atoms with E-state index in [0.29, 0.717) is 17.9 Å². The molecular formula is C15H16BrN3S. The van der Waals surface area contributed by atoms with Crippen LogP contribution in [0.1, 0.15) is 22.8 Å². The van der Waals surface area contributed by atoms with E-state index in [2.05, 4.69) is 57.4 Å². The molecule has 1 saturated carbocycles. The topological polar surface area (TPSA) is 50.4 Å². The Hall–Kier alpha value is -1.33. The van der Waals surface area contributed by atoms with Crippen molar-refractivity contribution in [2.24, 2.45) is 10.7 Å². The predicted molar refractivity (Wildman–Crippen MR) is 89.6 cm³/mol. The molecule has 1 aromatic heterocycles. The normalized spacial score (nSPS) is 21.8. The summed E-state index contributed by atoms with van der Waals surface area (Å²) in [5.41, 5.74) is 8.17. The quantitative estimate of drug-likeness (QED) is 0.647. The SMILES string of the molecule is Cc1cccc(NC(N)=N[C@@H]2C[C@H]2c2ccc(Br)s2)c1. The van der Waals surface area contributed by atoms with E-state index >= 15 is 0 Å². The van der Waals surface area contributed by atoms with Crippen LogP contribution in [0, 0.1) is 6.92 Å². The molecule has 5 heteroatoms.